The highest BCUT2D eigenvalue weighted by Gasteiger charge is 2.16. The smallest absolute Gasteiger partial charge is 0.191 e. The Balaban J connectivity index is 1.60. The average Bonchev–Trinajstić information content (AvgIpc) is 3.11. The molecule has 3 rings (SSSR count). The predicted molar refractivity (Wildman–Crippen MR) is 99.8 cm³/mol. The van der Waals surface area contributed by atoms with Gasteiger partial charge in [-0.15, -0.1) is 0 Å². The fourth-order valence-electron chi connectivity index (χ4n) is 3.46. The fraction of sp³-hybridized carbons (Fsp3) is 0.632. The molecule has 0 aliphatic carbocycles. The molecular weight excluding hydrogens is 300 g/mol. The number of guanidine groups is 1. The zero-order valence-electron chi connectivity index (χ0n) is 15.0. The molecule has 0 aromatic heterocycles. The number of nitrogens with one attached hydrogen (secondary N) is 2. The van der Waals surface area contributed by atoms with Crippen LogP contribution < -0.4 is 15.5 Å². The normalized spacial score (nSPS) is 20.8. The lowest BCUT2D eigenvalue weighted by Crippen LogP contribution is -2.41. The van der Waals surface area contributed by atoms with Gasteiger partial charge in [-0.25, -0.2) is 4.99 Å². The zero-order valence-corrected chi connectivity index (χ0v) is 15.0. The number of aryl methyl sites for hydroxylation is 1. The molecule has 1 atom stereocenters. The summed E-state index contributed by atoms with van der Waals surface area (Å²) < 4.78 is 5.67. The van der Waals surface area contributed by atoms with E-state index in [9.17, 15) is 0 Å². The van der Waals surface area contributed by atoms with E-state index in [2.05, 4.69) is 47.7 Å². The number of anilines is 1. The van der Waals surface area contributed by atoms with Crippen molar-refractivity contribution in [2.45, 2.75) is 45.3 Å². The molecule has 1 aromatic rings. The summed E-state index contributed by atoms with van der Waals surface area (Å²) in [6.45, 7) is 6.55. The van der Waals surface area contributed by atoms with E-state index in [1.165, 1.54) is 36.1 Å². The molecule has 5 nitrogen and oxygen atoms in total. The number of hydrogen-bond acceptors (Lipinski definition) is 3. The highest BCUT2D eigenvalue weighted by atomic mass is 16.5. The van der Waals surface area contributed by atoms with Crippen LogP contribution in [0.3, 0.4) is 0 Å². The van der Waals surface area contributed by atoms with Gasteiger partial charge in [0.25, 0.3) is 0 Å². The molecule has 2 aliphatic rings. The Morgan fingerprint density at radius 1 is 1.33 bits per heavy atom. The lowest BCUT2D eigenvalue weighted by molar-refractivity contribution is 0.114. The first-order valence-corrected chi connectivity index (χ1v) is 9.23. The molecule has 2 aliphatic heterocycles. The minimum Gasteiger partial charge on any atom is -0.376 e. The summed E-state index contributed by atoms with van der Waals surface area (Å²) in [5, 5.41) is 6.73. The second kappa shape index (κ2) is 8.38. The van der Waals surface area contributed by atoms with E-state index >= 15 is 0 Å². The van der Waals surface area contributed by atoms with Gasteiger partial charge in [-0.3, -0.25) is 0 Å². The van der Waals surface area contributed by atoms with Crippen LogP contribution in [0.15, 0.2) is 23.2 Å². The Hall–Kier alpha value is -1.75. The standard InChI is InChI=1S/C19H30N4O/c1-3-20-19(22-14-17-7-5-11-24-17)21-13-15-8-9-18-16(12-15)6-4-10-23(18)2/h8-9,12,17H,3-7,10-11,13-14H2,1-2H3,(H2,20,21,22). The third-order valence-electron chi connectivity index (χ3n) is 4.78. The second-order valence-electron chi connectivity index (χ2n) is 6.70. The molecule has 24 heavy (non-hydrogen) atoms. The van der Waals surface area contributed by atoms with Crippen molar-refractivity contribution in [3.8, 4) is 0 Å². The second-order valence-corrected chi connectivity index (χ2v) is 6.70. The molecular formula is C19H30N4O. The van der Waals surface area contributed by atoms with Gasteiger partial charge in [0, 0.05) is 39.0 Å². The summed E-state index contributed by atoms with van der Waals surface area (Å²) in [6.07, 6.45) is 5.05. The van der Waals surface area contributed by atoms with Crippen molar-refractivity contribution < 1.29 is 4.74 Å². The largest absolute Gasteiger partial charge is 0.376 e. The van der Waals surface area contributed by atoms with Crippen LogP contribution in [0.4, 0.5) is 5.69 Å². The minimum absolute atomic E-state index is 0.327. The Morgan fingerprint density at radius 3 is 3.04 bits per heavy atom. The summed E-state index contributed by atoms with van der Waals surface area (Å²) in [6, 6.07) is 6.76. The van der Waals surface area contributed by atoms with Gasteiger partial charge in [0.15, 0.2) is 5.96 Å². The predicted octanol–water partition coefficient (Wildman–Crippen LogP) is 2.30. The highest BCUT2D eigenvalue weighted by molar-refractivity contribution is 5.79. The SMILES string of the molecule is CCNC(=NCc1ccc2c(c1)CCCN2C)NCC1CCCO1. The van der Waals surface area contributed by atoms with Gasteiger partial charge in [-0.05, 0) is 49.8 Å². The van der Waals surface area contributed by atoms with Crippen LogP contribution in [0.5, 0.6) is 0 Å². The summed E-state index contributed by atoms with van der Waals surface area (Å²) in [4.78, 5) is 7.08. The van der Waals surface area contributed by atoms with Gasteiger partial charge in [0.1, 0.15) is 0 Å². The highest BCUT2D eigenvalue weighted by Crippen LogP contribution is 2.26. The molecule has 2 N–H and O–H groups in total. The van der Waals surface area contributed by atoms with Gasteiger partial charge in [-0.1, -0.05) is 12.1 Å². The third-order valence-corrected chi connectivity index (χ3v) is 4.78. The van der Waals surface area contributed by atoms with Crippen molar-refractivity contribution in [3.63, 3.8) is 0 Å². The maximum atomic E-state index is 5.67. The number of rotatable bonds is 5. The molecule has 1 unspecified atom stereocenters. The molecule has 2 heterocycles. The Bertz CT molecular complexity index is 566. The van der Waals surface area contributed by atoms with Gasteiger partial charge in [0.2, 0.25) is 0 Å². The molecule has 0 radical (unpaired) electrons. The lowest BCUT2D eigenvalue weighted by Gasteiger charge is -2.27. The summed E-state index contributed by atoms with van der Waals surface area (Å²) in [5.74, 6) is 0.878. The van der Waals surface area contributed by atoms with Crippen LogP contribution in [0, 0.1) is 0 Å². The molecule has 132 valence electrons. The van der Waals surface area contributed by atoms with Crippen LogP contribution in [0.1, 0.15) is 37.3 Å². The molecule has 0 bridgehead atoms. The van der Waals surface area contributed by atoms with Gasteiger partial charge in [-0.2, -0.15) is 0 Å². The van der Waals surface area contributed by atoms with Crippen LogP contribution in [0.25, 0.3) is 0 Å². The maximum Gasteiger partial charge on any atom is 0.191 e. The van der Waals surface area contributed by atoms with Gasteiger partial charge in [0.05, 0.1) is 12.6 Å². The number of hydrogen-bond donors (Lipinski definition) is 2. The fourth-order valence-corrected chi connectivity index (χ4v) is 3.46. The number of nitrogens with zero attached hydrogens (tertiary/aromatic N) is 2. The average molecular weight is 330 g/mol. The lowest BCUT2D eigenvalue weighted by atomic mass is 10.00. The first kappa shape index (κ1) is 17.1. The van der Waals surface area contributed by atoms with E-state index in [0.29, 0.717) is 12.6 Å². The molecule has 1 saturated heterocycles. The van der Waals surface area contributed by atoms with E-state index in [1.54, 1.807) is 0 Å². The van der Waals surface area contributed by atoms with Crippen molar-refractivity contribution in [1.82, 2.24) is 10.6 Å². The summed E-state index contributed by atoms with van der Waals surface area (Å²) in [7, 11) is 2.17. The zero-order chi connectivity index (χ0) is 16.8. The quantitative estimate of drug-likeness (QED) is 0.642. The van der Waals surface area contributed by atoms with Crippen LogP contribution in [0.2, 0.25) is 0 Å². The first-order valence-electron chi connectivity index (χ1n) is 9.23. The van der Waals surface area contributed by atoms with Gasteiger partial charge >= 0.3 is 0 Å². The van der Waals surface area contributed by atoms with Crippen molar-refractivity contribution >= 4 is 11.6 Å². The van der Waals surface area contributed by atoms with Crippen LogP contribution in [-0.2, 0) is 17.7 Å². The van der Waals surface area contributed by atoms with E-state index in [4.69, 9.17) is 9.73 Å². The Labute approximate surface area is 145 Å². The van der Waals surface area contributed by atoms with Crippen LogP contribution >= 0.6 is 0 Å². The van der Waals surface area contributed by atoms with Crippen molar-refractivity contribution in [2.24, 2.45) is 4.99 Å². The number of fused-ring (bicyclic) bond motifs is 1. The molecule has 0 amide bonds. The number of ether oxygens (including phenoxy) is 1. The molecule has 0 saturated carbocycles. The van der Waals surface area contributed by atoms with E-state index in [1.807, 2.05) is 0 Å². The monoisotopic (exact) mass is 330 g/mol. The Kier molecular flexibility index (Phi) is 5.96. The maximum absolute atomic E-state index is 5.67. The summed E-state index contributed by atoms with van der Waals surface area (Å²) >= 11 is 0. The molecule has 5 heteroatoms. The minimum atomic E-state index is 0.327. The van der Waals surface area contributed by atoms with Crippen LogP contribution in [-0.4, -0.2) is 45.4 Å². The Morgan fingerprint density at radius 2 is 2.25 bits per heavy atom. The third kappa shape index (κ3) is 4.41. The van der Waals surface area contributed by atoms with Crippen molar-refractivity contribution in [3.05, 3.63) is 29.3 Å². The van der Waals surface area contributed by atoms with Crippen molar-refractivity contribution in [1.29, 1.82) is 0 Å². The van der Waals surface area contributed by atoms with E-state index < -0.39 is 0 Å². The van der Waals surface area contributed by atoms with Gasteiger partial charge < -0.3 is 20.3 Å². The van der Waals surface area contributed by atoms with Crippen molar-refractivity contribution in [2.75, 3.05) is 38.2 Å². The number of aliphatic imine (C=N–C) groups is 1. The topological polar surface area (TPSA) is 48.9 Å². The molecule has 0 spiro atoms. The summed E-state index contributed by atoms with van der Waals surface area (Å²) in [5.41, 5.74) is 4.10. The first-order chi connectivity index (χ1) is 11.8. The molecule has 1 aromatic carbocycles. The van der Waals surface area contributed by atoms with E-state index in [-0.39, 0.29) is 0 Å². The van der Waals surface area contributed by atoms with E-state index in [0.717, 1.165) is 38.6 Å². The molecule has 1 fully saturated rings. The number of benzene rings is 1.